The van der Waals surface area contributed by atoms with Crippen LogP contribution in [-0.4, -0.2) is 11.0 Å². The molecule has 0 fully saturated rings. The van der Waals surface area contributed by atoms with Crippen molar-refractivity contribution in [1.29, 1.82) is 0 Å². The van der Waals surface area contributed by atoms with Crippen LogP contribution in [0.2, 0.25) is 0 Å². The molecule has 0 aliphatic rings. The Bertz CT molecular complexity index is 783. The second kappa shape index (κ2) is 17.1. The summed E-state index contributed by atoms with van der Waals surface area (Å²) in [6.45, 7) is 4.47. The number of ether oxygens (including phenoxy) is 1. The number of carbonyl (C=O) groups is 1. The second-order valence-corrected chi connectivity index (χ2v) is 9.02. The molecule has 0 radical (unpaired) electrons. The Kier molecular flexibility index (Phi) is 13.9. The Labute approximate surface area is 201 Å². The highest BCUT2D eigenvalue weighted by Gasteiger charge is 2.09. The van der Waals surface area contributed by atoms with Crippen LogP contribution < -0.4 is 4.74 Å². The molecule has 0 spiro atoms. The van der Waals surface area contributed by atoms with Crippen LogP contribution in [-0.2, 0) is 11.2 Å². The number of carbonyl (C=O) groups excluding carboxylic acids is 1. The van der Waals surface area contributed by atoms with Crippen molar-refractivity contribution in [2.24, 2.45) is 0 Å². The van der Waals surface area contributed by atoms with Gasteiger partial charge in [0.25, 0.3) is 0 Å². The Morgan fingerprint density at radius 3 is 2.18 bits per heavy atom. The lowest BCUT2D eigenvalue weighted by molar-refractivity contribution is -0.129. The highest BCUT2D eigenvalue weighted by atomic mass is 16.5. The molecule has 0 aliphatic carbocycles. The van der Waals surface area contributed by atoms with E-state index in [1.54, 1.807) is 6.08 Å². The van der Waals surface area contributed by atoms with Gasteiger partial charge in [0.05, 0.1) is 0 Å². The van der Waals surface area contributed by atoms with Crippen molar-refractivity contribution in [3.05, 3.63) is 71.9 Å². The first-order valence-corrected chi connectivity index (χ1v) is 13.1. The Balaban J connectivity index is 1.78. The van der Waals surface area contributed by atoms with E-state index >= 15 is 0 Å². The van der Waals surface area contributed by atoms with E-state index in [0.29, 0.717) is 5.88 Å². The maximum atomic E-state index is 12.4. The largest absolute Gasteiger partial charge is 0.404 e. The van der Waals surface area contributed by atoms with Crippen LogP contribution in [0.15, 0.2) is 60.8 Å². The number of hydrogen-bond acceptors (Lipinski definition) is 3. The van der Waals surface area contributed by atoms with Gasteiger partial charge in [0, 0.05) is 24.3 Å². The highest BCUT2D eigenvalue weighted by Crippen LogP contribution is 2.24. The van der Waals surface area contributed by atoms with E-state index in [0.717, 1.165) is 19.3 Å². The van der Waals surface area contributed by atoms with Crippen LogP contribution in [0, 0.1) is 0 Å². The van der Waals surface area contributed by atoms with Gasteiger partial charge in [-0.2, -0.15) is 0 Å². The molecule has 0 saturated carbocycles. The van der Waals surface area contributed by atoms with Gasteiger partial charge in [-0.05, 0) is 30.4 Å². The number of hydrogen-bond donors (Lipinski definition) is 0. The van der Waals surface area contributed by atoms with Crippen molar-refractivity contribution in [2.45, 2.75) is 103 Å². The zero-order chi connectivity index (χ0) is 23.6. The summed E-state index contributed by atoms with van der Waals surface area (Å²) in [7, 11) is 0. The SMILES string of the molecule is CCCCCCCCCc1ccc(OC(=O)C=CC(CCCCCC)c2ccccc2)nc1. The molecule has 0 N–H and O–H groups in total. The molecule has 0 aliphatic heterocycles. The van der Waals surface area contributed by atoms with Gasteiger partial charge < -0.3 is 4.74 Å². The average molecular weight is 450 g/mol. The smallest absolute Gasteiger partial charge is 0.337 e. The quantitative estimate of drug-likeness (QED) is 0.138. The molecule has 2 aromatic rings. The number of aromatic nitrogens is 1. The minimum atomic E-state index is -0.364. The Morgan fingerprint density at radius 2 is 1.52 bits per heavy atom. The number of benzene rings is 1. The van der Waals surface area contributed by atoms with E-state index in [1.807, 2.05) is 30.5 Å². The minimum absolute atomic E-state index is 0.230. The molecule has 1 aromatic heterocycles. The molecule has 1 aromatic carbocycles. The second-order valence-electron chi connectivity index (χ2n) is 9.02. The molecular formula is C30H43NO2. The maximum absolute atomic E-state index is 12.4. The third-order valence-electron chi connectivity index (χ3n) is 6.13. The molecule has 2 rings (SSSR count). The number of nitrogens with zero attached hydrogens (tertiary/aromatic N) is 1. The van der Waals surface area contributed by atoms with Crippen LogP contribution in [0.1, 0.15) is 108 Å². The fourth-order valence-electron chi connectivity index (χ4n) is 4.10. The summed E-state index contributed by atoms with van der Waals surface area (Å²) < 4.78 is 5.44. The van der Waals surface area contributed by atoms with Crippen molar-refractivity contribution in [3.63, 3.8) is 0 Å². The topological polar surface area (TPSA) is 39.2 Å². The molecule has 33 heavy (non-hydrogen) atoms. The minimum Gasteiger partial charge on any atom is -0.404 e. The highest BCUT2D eigenvalue weighted by molar-refractivity contribution is 5.83. The van der Waals surface area contributed by atoms with Crippen molar-refractivity contribution >= 4 is 5.97 Å². The van der Waals surface area contributed by atoms with Gasteiger partial charge in [-0.15, -0.1) is 0 Å². The number of rotatable bonds is 17. The number of aryl methyl sites for hydroxylation is 1. The summed E-state index contributed by atoms with van der Waals surface area (Å²) in [5.41, 5.74) is 2.45. The molecule has 0 bridgehead atoms. The van der Waals surface area contributed by atoms with E-state index < -0.39 is 0 Å². The predicted molar refractivity (Wildman–Crippen MR) is 139 cm³/mol. The first kappa shape index (κ1) is 26.8. The molecular weight excluding hydrogens is 406 g/mol. The van der Waals surface area contributed by atoms with E-state index in [1.165, 1.54) is 75.3 Å². The average Bonchev–Trinajstić information content (AvgIpc) is 2.84. The zero-order valence-corrected chi connectivity index (χ0v) is 20.8. The molecule has 3 heteroatoms. The van der Waals surface area contributed by atoms with Gasteiger partial charge in [0.15, 0.2) is 0 Å². The summed E-state index contributed by atoms with van der Waals surface area (Å²) in [6.07, 6.45) is 21.5. The first-order valence-electron chi connectivity index (χ1n) is 13.1. The van der Waals surface area contributed by atoms with Gasteiger partial charge in [-0.3, -0.25) is 0 Å². The fraction of sp³-hybridized carbons (Fsp3) is 0.533. The first-order chi connectivity index (χ1) is 16.2. The molecule has 1 heterocycles. The summed E-state index contributed by atoms with van der Waals surface area (Å²) in [5.74, 6) is 0.233. The van der Waals surface area contributed by atoms with Gasteiger partial charge in [0.2, 0.25) is 5.88 Å². The van der Waals surface area contributed by atoms with Gasteiger partial charge >= 0.3 is 5.97 Å². The van der Waals surface area contributed by atoms with Crippen LogP contribution in [0.3, 0.4) is 0 Å². The van der Waals surface area contributed by atoms with Gasteiger partial charge in [-0.25, -0.2) is 9.78 Å². The predicted octanol–water partition coefficient (Wildman–Crippen LogP) is 8.59. The number of allylic oxidation sites excluding steroid dienone is 1. The third kappa shape index (κ3) is 11.8. The van der Waals surface area contributed by atoms with Crippen LogP contribution in [0.25, 0.3) is 0 Å². The van der Waals surface area contributed by atoms with Crippen LogP contribution in [0.5, 0.6) is 5.88 Å². The van der Waals surface area contributed by atoms with Crippen molar-refractivity contribution in [3.8, 4) is 5.88 Å². The fourth-order valence-corrected chi connectivity index (χ4v) is 4.10. The standard InChI is InChI=1S/C30H43NO2/c1-3-5-7-9-10-11-13-17-26-21-23-29(31-25-26)33-30(32)24-22-28(20-14-8-6-4-2)27-18-15-12-16-19-27/h12,15-16,18-19,21-25,28H,3-11,13-14,17,20H2,1-2H3. The molecule has 0 saturated heterocycles. The summed E-state index contributed by atoms with van der Waals surface area (Å²) in [4.78, 5) is 16.7. The zero-order valence-electron chi connectivity index (χ0n) is 20.8. The van der Waals surface area contributed by atoms with E-state index in [9.17, 15) is 4.79 Å². The molecule has 1 unspecified atom stereocenters. The molecule has 180 valence electrons. The Morgan fingerprint density at radius 1 is 0.848 bits per heavy atom. The third-order valence-corrected chi connectivity index (χ3v) is 6.13. The van der Waals surface area contributed by atoms with E-state index in [2.05, 4.69) is 43.1 Å². The monoisotopic (exact) mass is 449 g/mol. The van der Waals surface area contributed by atoms with Crippen LogP contribution in [0.4, 0.5) is 0 Å². The van der Waals surface area contributed by atoms with Crippen molar-refractivity contribution in [1.82, 2.24) is 4.98 Å². The van der Waals surface area contributed by atoms with E-state index in [-0.39, 0.29) is 11.9 Å². The van der Waals surface area contributed by atoms with Gasteiger partial charge in [-0.1, -0.05) is 121 Å². The number of unbranched alkanes of at least 4 members (excludes halogenated alkanes) is 9. The van der Waals surface area contributed by atoms with Gasteiger partial charge in [0.1, 0.15) is 0 Å². The summed E-state index contributed by atoms with van der Waals surface area (Å²) in [5, 5.41) is 0. The van der Waals surface area contributed by atoms with E-state index in [4.69, 9.17) is 4.74 Å². The summed E-state index contributed by atoms with van der Waals surface area (Å²) >= 11 is 0. The molecule has 3 nitrogen and oxygen atoms in total. The summed E-state index contributed by atoms with van der Waals surface area (Å²) in [6, 6.07) is 14.2. The lowest BCUT2D eigenvalue weighted by Gasteiger charge is -2.13. The number of esters is 1. The number of pyridine rings is 1. The molecule has 1 atom stereocenters. The molecule has 0 amide bonds. The van der Waals surface area contributed by atoms with Crippen molar-refractivity contribution < 1.29 is 9.53 Å². The van der Waals surface area contributed by atoms with Crippen LogP contribution >= 0.6 is 0 Å². The Hall–Kier alpha value is -2.42. The maximum Gasteiger partial charge on any atom is 0.337 e. The lowest BCUT2D eigenvalue weighted by atomic mass is 9.92. The lowest BCUT2D eigenvalue weighted by Crippen LogP contribution is -2.06. The van der Waals surface area contributed by atoms with Crippen molar-refractivity contribution in [2.75, 3.05) is 0 Å². The normalized spacial score (nSPS) is 12.2.